The van der Waals surface area contributed by atoms with Gasteiger partial charge < -0.3 is 20.1 Å². The number of thiophene rings is 1. The first-order valence-electron chi connectivity index (χ1n) is 5.03. The predicted octanol–water partition coefficient (Wildman–Crippen LogP) is 2.12. The van der Waals surface area contributed by atoms with Gasteiger partial charge in [0.25, 0.3) is 0 Å². The molecule has 0 bridgehead atoms. The normalized spacial score (nSPS) is 11.3. The summed E-state index contributed by atoms with van der Waals surface area (Å²) in [4.78, 5) is 12.4. The Morgan fingerprint density at radius 3 is 2.42 bits per heavy atom. The number of carbonyl (C=O) groups is 1. The lowest BCUT2D eigenvalue weighted by Crippen LogP contribution is -2.30. The van der Waals surface area contributed by atoms with Crippen molar-refractivity contribution in [3.8, 4) is 5.75 Å². The highest BCUT2D eigenvalue weighted by atomic mass is 32.1. The third-order valence-electron chi connectivity index (χ3n) is 2.22. The number of rotatable bonds is 4. The molecule has 19 heavy (non-hydrogen) atoms. The molecule has 0 saturated heterocycles. The number of esters is 1. The predicted molar refractivity (Wildman–Crippen MR) is 65.9 cm³/mol. The molecular weight excluding hydrogens is 285 g/mol. The van der Waals surface area contributed by atoms with Gasteiger partial charge in [-0.1, -0.05) is 0 Å². The maximum Gasteiger partial charge on any atom is 0.405 e. The topological polar surface area (TPSA) is 64.8 Å². The number of nitrogens with two attached hydrogens (primary N) is 1. The quantitative estimate of drug-likeness (QED) is 0.863. The number of nitrogens with zero attached hydrogens (tertiary/aromatic N) is 1. The van der Waals surface area contributed by atoms with E-state index in [2.05, 4.69) is 4.74 Å². The Balaban J connectivity index is 3.17. The number of nitrogen functional groups attached to an aromatic ring is 1. The van der Waals surface area contributed by atoms with Gasteiger partial charge in [-0.15, -0.1) is 11.3 Å². The molecule has 108 valence electrons. The molecule has 0 spiro atoms. The third-order valence-corrected chi connectivity index (χ3v) is 3.50. The standard InChI is InChI=1S/C10H13F3N2O3S/c1-15(4-10(11,12)13)8-6(17-2)5(14)7(19-8)9(16)18-3/h4,14H2,1-3H3. The van der Waals surface area contributed by atoms with Gasteiger partial charge in [-0.25, -0.2) is 4.79 Å². The molecule has 0 fully saturated rings. The largest absolute Gasteiger partial charge is 0.492 e. The summed E-state index contributed by atoms with van der Waals surface area (Å²) < 4.78 is 46.5. The first-order chi connectivity index (χ1) is 8.71. The summed E-state index contributed by atoms with van der Waals surface area (Å²) in [6.45, 7) is -1.18. The van der Waals surface area contributed by atoms with Crippen molar-refractivity contribution >= 4 is 28.0 Å². The number of hydrogen-bond acceptors (Lipinski definition) is 6. The molecule has 9 heteroatoms. The van der Waals surface area contributed by atoms with E-state index in [1.807, 2.05) is 0 Å². The lowest BCUT2D eigenvalue weighted by molar-refractivity contribution is -0.119. The molecule has 1 aromatic rings. The first-order valence-corrected chi connectivity index (χ1v) is 5.85. The van der Waals surface area contributed by atoms with Gasteiger partial charge >= 0.3 is 12.1 Å². The Morgan fingerprint density at radius 1 is 1.42 bits per heavy atom. The molecule has 0 aliphatic carbocycles. The van der Waals surface area contributed by atoms with Crippen LogP contribution in [0.15, 0.2) is 0 Å². The summed E-state index contributed by atoms with van der Waals surface area (Å²) in [5, 5.41) is 0.123. The molecule has 1 aromatic heterocycles. The van der Waals surface area contributed by atoms with Crippen molar-refractivity contribution in [2.75, 3.05) is 38.4 Å². The number of methoxy groups -OCH3 is 2. The average Bonchev–Trinajstić information content (AvgIpc) is 2.63. The van der Waals surface area contributed by atoms with Crippen molar-refractivity contribution in [1.29, 1.82) is 0 Å². The van der Waals surface area contributed by atoms with Gasteiger partial charge in [-0.3, -0.25) is 0 Å². The fourth-order valence-electron chi connectivity index (χ4n) is 1.45. The highest BCUT2D eigenvalue weighted by Crippen LogP contribution is 2.45. The zero-order chi connectivity index (χ0) is 14.8. The van der Waals surface area contributed by atoms with Gasteiger partial charge in [-0.2, -0.15) is 13.2 Å². The summed E-state index contributed by atoms with van der Waals surface area (Å²) in [5.74, 6) is -0.676. The number of anilines is 2. The fourth-order valence-corrected chi connectivity index (χ4v) is 2.52. The van der Waals surface area contributed by atoms with Gasteiger partial charge in [-0.05, 0) is 0 Å². The van der Waals surface area contributed by atoms with E-state index in [9.17, 15) is 18.0 Å². The first kappa shape index (κ1) is 15.4. The maximum absolute atomic E-state index is 12.4. The second kappa shape index (κ2) is 5.55. The van der Waals surface area contributed by atoms with E-state index in [0.717, 1.165) is 23.3 Å². The summed E-state index contributed by atoms with van der Waals surface area (Å²) in [6.07, 6.45) is -4.37. The average molecular weight is 298 g/mol. The van der Waals surface area contributed by atoms with Crippen LogP contribution in [-0.4, -0.2) is 40.0 Å². The SMILES string of the molecule is COC(=O)c1sc(N(C)CC(F)(F)F)c(OC)c1N. The van der Waals surface area contributed by atoms with Crippen LogP contribution in [0.5, 0.6) is 5.75 Å². The van der Waals surface area contributed by atoms with Crippen molar-refractivity contribution in [2.45, 2.75) is 6.18 Å². The summed E-state index contributed by atoms with van der Waals surface area (Å²) in [6, 6.07) is 0. The zero-order valence-electron chi connectivity index (χ0n) is 10.5. The third kappa shape index (κ3) is 3.43. The highest BCUT2D eigenvalue weighted by Gasteiger charge is 2.32. The molecule has 0 aromatic carbocycles. The van der Waals surface area contributed by atoms with E-state index >= 15 is 0 Å². The van der Waals surface area contributed by atoms with Gasteiger partial charge in [0.2, 0.25) is 0 Å². The molecule has 0 saturated carbocycles. The second-order valence-corrected chi connectivity index (χ2v) is 4.65. The van der Waals surface area contributed by atoms with Crippen molar-refractivity contribution < 1.29 is 27.4 Å². The molecule has 0 radical (unpaired) electrons. The van der Waals surface area contributed by atoms with E-state index in [0.29, 0.717) is 0 Å². The maximum atomic E-state index is 12.4. The van der Waals surface area contributed by atoms with Crippen LogP contribution < -0.4 is 15.4 Å². The van der Waals surface area contributed by atoms with E-state index in [-0.39, 0.29) is 21.3 Å². The molecular formula is C10H13F3N2O3S. The van der Waals surface area contributed by atoms with Crippen LogP contribution in [0.4, 0.5) is 23.9 Å². The lowest BCUT2D eigenvalue weighted by Gasteiger charge is -2.20. The highest BCUT2D eigenvalue weighted by molar-refractivity contribution is 7.19. The molecule has 2 N–H and O–H groups in total. The molecule has 0 unspecified atom stereocenters. The van der Waals surface area contributed by atoms with Crippen LogP contribution in [-0.2, 0) is 4.74 Å². The Morgan fingerprint density at radius 2 is 2.00 bits per heavy atom. The van der Waals surface area contributed by atoms with Crippen molar-refractivity contribution in [3.63, 3.8) is 0 Å². The van der Waals surface area contributed by atoms with Crippen LogP contribution >= 0.6 is 11.3 Å². The molecule has 5 nitrogen and oxygen atoms in total. The summed E-state index contributed by atoms with van der Waals surface area (Å²) in [7, 11) is 3.67. The monoisotopic (exact) mass is 298 g/mol. The minimum absolute atomic E-state index is 0.0170. The smallest absolute Gasteiger partial charge is 0.405 e. The number of alkyl halides is 3. The molecule has 0 atom stereocenters. The van der Waals surface area contributed by atoms with E-state index in [1.165, 1.54) is 14.2 Å². The molecule has 1 heterocycles. The van der Waals surface area contributed by atoms with Gasteiger partial charge in [0, 0.05) is 7.05 Å². The van der Waals surface area contributed by atoms with Crippen LogP contribution in [0.2, 0.25) is 0 Å². The number of carbonyl (C=O) groups excluding carboxylic acids is 1. The minimum atomic E-state index is -4.37. The van der Waals surface area contributed by atoms with Gasteiger partial charge in [0.15, 0.2) is 5.75 Å². The second-order valence-electron chi connectivity index (χ2n) is 3.65. The Kier molecular flexibility index (Phi) is 4.51. The van der Waals surface area contributed by atoms with Gasteiger partial charge in [0.1, 0.15) is 22.1 Å². The number of halogens is 3. The Hall–Kier alpha value is -1.64. The molecule has 0 aliphatic rings. The number of hydrogen-bond donors (Lipinski definition) is 1. The molecule has 0 aliphatic heterocycles. The molecule has 0 amide bonds. The Labute approximate surface area is 111 Å². The summed E-state index contributed by atoms with van der Waals surface area (Å²) in [5.41, 5.74) is 5.64. The van der Waals surface area contributed by atoms with Crippen LogP contribution in [0.3, 0.4) is 0 Å². The van der Waals surface area contributed by atoms with Gasteiger partial charge in [0.05, 0.1) is 14.2 Å². The molecule has 1 rings (SSSR count). The van der Waals surface area contributed by atoms with E-state index < -0.39 is 18.7 Å². The van der Waals surface area contributed by atoms with Crippen molar-refractivity contribution in [3.05, 3.63) is 4.88 Å². The van der Waals surface area contributed by atoms with Crippen molar-refractivity contribution in [2.24, 2.45) is 0 Å². The van der Waals surface area contributed by atoms with Crippen LogP contribution in [0.1, 0.15) is 9.67 Å². The lowest BCUT2D eigenvalue weighted by atomic mass is 10.3. The Bertz CT molecular complexity index is 473. The minimum Gasteiger partial charge on any atom is -0.492 e. The van der Waals surface area contributed by atoms with Crippen LogP contribution in [0, 0.1) is 0 Å². The van der Waals surface area contributed by atoms with Crippen molar-refractivity contribution in [1.82, 2.24) is 0 Å². The number of ether oxygens (including phenoxy) is 2. The summed E-state index contributed by atoms with van der Waals surface area (Å²) >= 11 is 0.794. The van der Waals surface area contributed by atoms with E-state index in [1.54, 1.807) is 0 Å². The zero-order valence-corrected chi connectivity index (χ0v) is 11.3. The van der Waals surface area contributed by atoms with E-state index in [4.69, 9.17) is 10.5 Å². The fraction of sp³-hybridized carbons (Fsp3) is 0.500. The van der Waals surface area contributed by atoms with Crippen LogP contribution in [0.25, 0.3) is 0 Å².